The highest BCUT2D eigenvalue weighted by atomic mass is 16.5. The summed E-state index contributed by atoms with van der Waals surface area (Å²) in [5, 5.41) is 0. The van der Waals surface area contributed by atoms with E-state index in [4.69, 9.17) is 0 Å². The molecule has 0 bridgehead atoms. The van der Waals surface area contributed by atoms with Gasteiger partial charge in [0.15, 0.2) is 0 Å². The minimum Gasteiger partial charge on any atom is -0.465 e. The lowest BCUT2D eigenvalue weighted by Crippen LogP contribution is -1.92. The second-order valence-corrected chi connectivity index (χ2v) is 3.35. The van der Waals surface area contributed by atoms with E-state index in [1.807, 2.05) is 6.08 Å². The predicted molar refractivity (Wildman–Crippen MR) is 55.8 cm³/mol. The van der Waals surface area contributed by atoms with Crippen LogP contribution in [0.3, 0.4) is 0 Å². The first kappa shape index (κ1) is 10.8. The fourth-order valence-corrected chi connectivity index (χ4v) is 1.47. The molecule has 0 aromatic rings. The molecule has 0 aromatic heterocycles. The van der Waals surface area contributed by atoms with Crippen molar-refractivity contribution in [2.45, 2.75) is 32.1 Å². The lowest BCUT2D eigenvalue weighted by molar-refractivity contribution is -0.134. The average molecular weight is 192 g/mol. The third-order valence-electron chi connectivity index (χ3n) is 2.27. The maximum absolute atomic E-state index is 10.7. The van der Waals surface area contributed by atoms with E-state index in [1.54, 1.807) is 0 Å². The van der Waals surface area contributed by atoms with E-state index in [0.29, 0.717) is 0 Å². The van der Waals surface area contributed by atoms with Crippen LogP contribution in [-0.2, 0) is 9.53 Å². The average Bonchev–Trinajstić information content (AvgIpc) is 2.25. The number of rotatable bonds is 3. The largest absolute Gasteiger partial charge is 0.465 e. The van der Waals surface area contributed by atoms with Crippen LogP contribution in [0.2, 0.25) is 0 Å². The lowest BCUT2D eigenvalue weighted by atomic mass is 9.97. The van der Waals surface area contributed by atoms with Crippen molar-refractivity contribution in [2.24, 2.45) is 0 Å². The van der Waals surface area contributed by atoms with Crippen LogP contribution in [0.4, 0.5) is 0 Å². The molecular weight excluding hydrogens is 176 g/mol. The molecular formula is C12H16O2. The number of hydrogen-bond donors (Lipinski definition) is 0. The monoisotopic (exact) mass is 192 g/mol. The van der Waals surface area contributed by atoms with Crippen LogP contribution in [0.5, 0.6) is 0 Å². The predicted octanol–water partition coefficient (Wildman–Crippen LogP) is 2.76. The normalized spacial score (nSPS) is 15.1. The first-order chi connectivity index (χ1) is 6.83. The molecule has 0 aromatic carbocycles. The minimum absolute atomic E-state index is 0.348. The van der Waals surface area contributed by atoms with Gasteiger partial charge in [0.2, 0.25) is 0 Å². The summed E-state index contributed by atoms with van der Waals surface area (Å²) in [7, 11) is 1.37. The van der Waals surface area contributed by atoms with Crippen LogP contribution < -0.4 is 0 Å². The van der Waals surface area contributed by atoms with Crippen molar-refractivity contribution in [3.63, 3.8) is 0 Å². The molecule has 2 heteroatoms. The molecule has 1 aliphatic carbocycles. The SMILES string of the molecule is COC(=O)C=C=CCC1=CCCCC1. The number of methoxy groups -OCH3 is 1. The first-order valence-corrected chi connectivity index (χ1v) is 4.99. The molecule has 0 saturated carbocycles. The van der Waals surface area contributed by atoms with Gasteiger partial charge in [-0.05, 0) is 38.2 Å². The summed E-state index contributed by atoms with van der Waals surface area (Å²) in [4.78, 5) is 10.7. The summed E-state index contributed by atoms with van der Waals surface area (Å²) < 4.78 is 4.45. The molecule has 0 saturated heterocycles. The molecule has 0 aliphatic heterocycles. The van der Waals surface area contributed by atoms with Gasteiger partial charge in [0.05, 0.1) is 13.2 Å². The molecule has 76 valence electrons. The van der Waals surface area contributed by atoms with Gasteiger partial charge in [-0.1, -0.05) is 11.6 Å². The number of ether oxygens (including phenoxy) is 1. The zero-order chi connectivity index (χ0) is 10.2. The van der Waals surface area contributed by atoms with Crippen molar-refractivity contribution in [1.82, 2.24) is 0 Å². The van der Waals surface area contributed by atoms with Gasteiger partial charge in [0, 0.05) is 0 Å². The Bertz CT molecular complexity index is 281. The quantitative estimate of drug-likeness (QED) is 0.297. The molecule has 0 radical (unpaired) electrons. The second kappa shape index (κ2) is 6.22. The van der Waals surface area contributed by atoms with Gasteiger partial charge in [0.25, 0.3) is 0 Å². The summed E-state index contributed by atoms with van der Waals surface area (Å²) in [6.07, 6.45) is 11.4. The Hall–Kier alpha value is -1.27. The van der Waals surface area contributed by atoms with Crippen molar-refractivity contribution < 1.29 is 9.53 Å². The van der Waals surface area contributed by atoms with Gasteiger partial charge in [-0.15, -0.1) is 5.73 Å². The summed E-state index contributed by atoms with van der Waals surface area (Å²) in [6.45, 7) is 0. The van der Waals surface area contributed by atoms with Crippen LogP contribution in [0, 0.1) is 0 Å². The van der Waals surface area contributed by atoms with Crippen molar-refractivity contribution in [3.8, 4) is 0 Å². The van der Waals surface area contributed by atoms with Crippen LogP contribution in [-0.4, -0.2) is 13.1 Å². The highest BCUT2D eigenvalue weighted by molar-refractivity contribution is 5.81. The van der Waals surface area contributed by atoms with Crippen molar-refractivity contribution in [3.05, 3.63) is 29.5 Å². The number of allylic oxidation sites excluding steroid dienone is 2. The maximum Gasteiger partial charge on any atom is 0.338 e. The Labute approximate surface area is 85.0 Å². The fraction of sp³-hybridized carbons (Fsp3) is 0.500. The molecule has 0 spiro atoms. The molecule has 14 heavy (non-hydrogen) atoms. The van der Waals surface area contributed by atoms with Gasteiger partial charge < -0.3 is 4.74 Å². The number of hydrogen-bond acceptors (Lipinski definition) is 2. The van der Waals surface area contributed by atoms with Crippen LogP contribution in [0.25, 0.3) is 0 Å². The summed E-state index contributed by atoms with van der Waals surface area (Å²) in [5.41, 5.74) is 4.28. The summed E-state index contributed by atoms with van der Waals surface area (Å²) in [6, 6.07) is 0. The lowest BCUT2D eigenvalue weighted by Gasteiger charge is -2.09. The summed E-state index contributed by atoms with van der Waals surface area (Å²) in [5.74, 6) is -0.348. The fourth-order valence-electron chi connectivity index (χ4n) is 1.47. The number of esters is 1. The van der Waals surface area contributed by atoms with Gasteiger partial charge in [0.1, 0.15) is 0 Å². The molecule has 0 atom stereocenters. The van der Waals surface area contributed by atoms with Gasteiger partial charge in [-0.25, -0.2) is 4.79 Å². The Morgan fingerprint density at radius 2 is 2.50 bits per heavy atom. The van der Waals surface area contributed by atoms with Crippen molar-refractivity contribution in [2.75, 3.05) is 7.11 Å². The maximum atomic E-state index is 10.7. The molecule has 0 unspecified atom stereocenters. The molecule has 0 fully saturated rings. The Kier molecular flexibility index (Phi) is 4.81. The molecule has 1 rings (SSSR count). The Morgan fingerprint density at radius 1 is 1.64 bits per heavy atom. The van der Waals surface area contributed by atoms with Gasteiger partial charge >= 0.3 is 5.97 Å². The second-order valence-electron chi connectivity index (χ2n) is 3.35. The minimum atomic E-state index is -0.348. The Morgan fingerprint density at radius 3 is 3.14 bits per heavy atom. The smallest absolute Gasteiger partial charge is 0.338 e. The van der Waals surface area contributed by atoms with Gasteiger partial charge in [-0.2, -0.15) is 0 Å². The van der Waals surface area contributed by atoms with Crippen molar-refractivity contribution >= 4 is 5.97 Å². The topological polar surface area (TPSA) is 26.3 Å². The van der Waals surface area contributed by atoms with E-state index in [0.717, 1.165) is 6.42 Å². The van der Waals surface area contributed by atoms with E-state index in [-0.39, 0.29) is 5.97 Å². The molecule has 0 amide bonds. The third kappa shape index (κ3) is 4.11. The Balaban J connectivity index is 2.35. The molecule has 2 nitrogen and oxygen atoms in total. The van der Waals surface area contributed by atoms with E-state index >= 15 is 0 Å². The summed E-state index contributed by atoms with van der Waals surface area (Å²) >= 11 is 0. The van der Waals surface area contributed by atoms with Crippen LogP contribution >= 0.6 is 0 Å². The highest BCUT2D eigenvalue weighted by Crippen LogP contribution is 2.19. The third-order valence-corrected chi connectivity index (χ3v) is 2.27. The van der Waals surface area contributed by atoms with Gasteiger partial charge in [-0.3, -0.25) is 0 Å². The highest BCUT2D eigenvalue weighted by Gasteiger charge is 2.00. The standard InChI is InChI=1S/C12H16O2/c1-14-12(13)10-6-5-9-11-7-3-2-4-8-11/h5,7,10H,2-4,8-9H2,1H3. The molecule has 0 N–H and O–H groups in total. The van der Waals surface area contributed by atoms with E-state index in [9.17, 15) is 4.79 Å². The zero-order valence-electron chi connectivity index (χ0n) is 8.58. The van der Waals surface area contributed by atoms with E-state index < -0.39 is 0 Å². The number of carbonyl (C=O) groups excluding carboxylic acids is 1. The zero-order valence-corrected chi connectivity index (χ0v) is 8.58. The van der Waals surface area contributed by atoms with E-state index in [2.05, 4.69) is 16.5 Å². The molecule has 0 heterocycles. The van der Waals surface area contributed by atoms with Crippen LogP contribution in [0.15, 0.2) is 29.5 Å². The molecule has 1 aliphatic rings. The van der Waals surface area contributed by atoms with Crippen molar-refractivity contribution in [1.29, 1.82) is 0 Å². The number of carbonyl (C=O) groups is 1. The van der Waals surface area contributed by atoms with E-state index in [1.165, 1.54) is 44.4 Å². The first-order valence-electron chi connectivity index (χ1n) is 4.99. The van der Waals surface area contributed by atoms with Crippen LogP contribution in [0.1, 0.15) is 32.1 Å².